The van der Waals surface area contributed by atoms with E-state index in [0.717, 1.165) is 39.6 Å². The van der Waals surface area contributed by atoms with Crippen molar-refractivity contribution in [3.63, 3.8) is 0 Å². The van der Waals surface area contributed by atoms with E-state index in [1.165, 1.54) is 60.1 Å². The standard InChI is InChI=1S/C42H24BNO2/c1-2-12-28(26-23-39-41-40(24-26)46-38-20-10-6-16-34(38)43(41)33-15-5-9-19-37(33)45-39)27(11-1)25-21-31-29-13-3-7-17-35(29)44-36-18-8-4-14-30(36)32(22-25)42(31)44/h1-24H. The van der Waals surface area contributed by atoms with Crippen molar-refractivity contribution in [1.29, 1.82) is 0 Å². The highest BCUT2D eigenvalue weighted by molar-refractivity contribution is 6.98. The van der Waals surface area contributed by atoms with E-state index in [0.29, 0.717) is 0 Å². The molecule has 4 heterocycles. The number of benzene rings is 7. The summed E-state index contributed by atoms with van der Waals surface area (Å²) < 4.78 is 15.7. The zero-order valence-corrected chi connectivity index (χ0v) is 24.7. The number of rotatable bonds is 2. The van der Waals surface area contributed by atoms with Crippen molar-refractivity contribution in [3.05, 3.63) is 146 Å². The van der Waals surface area contributed by atoms with Gasteiger partial charge in [-0.3, -0.25) is 0 Å². The van der Waals surface area contributed by atoms with E-state index >= 15 is 0 Å². The molecule has 4 heteroatoms. The van der Waals surface area contributed by atoms with E-state index in [1.54, 1.807) is 0 Å². The second-order valence-corrected chi connectivity index (χ2v) is 12.4. The molecule has 212 valence electrons. The van der Waals surface area contributed by atoms with Gasteiger partial charge in [0, 0.05) is 27.0 Å². The van der Waals surface area contributed by atoms with Crippen LogP contribution in [0.2, 0.25) is 0 Å². The molecule has 0 N–H and O–H groups in total. The van der Waals surface area contributed by atoms with E-state index in [-0.39, 0.29) is 6.71 Å². The van der Waals surface area contributed by atoms with Crippen molar-refractivity contribution in [2.24, 2.45) is 0 Å². The fraction of sp³-hybridized carbons (Fsp3) is 0. The van der Waals surface area contributed by atoms with Gasteiger partial charge in [-0.25, -0.2) is 0 Å². The van der Waals surface area contributed by atoms with Crippen LogP contribution in [-0.4, -0.2) is 11.1 Å². The lowest BCUT2D eigenvalue weighted by Gasteiger charge is -2.33. The largest absolute Gasteiger partial charge is 0.458 e. The highest BCUT2D eigenvalue weighted by atomic mass is 16.5. The molecule has 46 heavy (non-hydrogen) atoms. The van der Waals surface area contributed by atoms with Gasteiger partial charge in [-0.1, -0.05) is 97.1 Å². The first-order valence-corrected chi connectivity index (χ1v) is 15.8. The minimum Gasteiger partial charge on any atom is -0.458 e. The summed E-state index contributed by atoms with van der Waals surface area (Å²) in [4.78, 5) is 0. The van der Waals surface area contributed by atoms with Crippen LogP contribution in [0.1, 0.15) is 0 Å². The van der Waals surface area contributed by atoms with Crippen molar-refractivity contribution in [2.45, 2.75) is 0 Å². The lowest BCUT2D eigenvalue weighted by molar-refractivity contribution is 0.465. The molecule has 7 aromatic carbocycles. The van der Waals surface area contributed by atoms with E-state index in [2.05, 4.69) is 138 Å². The molecule has 0 saturated carbocycles. The smallest absolute Gasteiger partial charge is 0.260 e. The Morgan fingerprint density at radius 3 is 1.43 bits per heavy atom. The van der Waals surface area contributed by atoms with Crippen LogP contribution in [0.15, 0.2) is 146 Å². The van der Waals surface area contributed by atoms with Gasteiger partial charge in [-0.2, -0.15) is 0 Å². The number of para-hydroxylation sites is 4. The zero-order valence-electron chi connectivity index (χ0n) is 24.7. The maximum Gasteiger partial charge on any atom is 0.260 e. The zero-order chi connectivity index (χ0) is 29.9. The summed E-state index contributed by atoms with van der Waals surface area (Å²) in [6.45, 7) is 0.0631. The summed E-state index contributed by atoms with van der Waals surface area (Å²) in [5.41, 5.74) is 11.8. The van der Waals surface area contributed by atoms with Crippen LogP contribution in [0.4, 0.5) is 0 Å². The Hall–Kier alpha value is -6.00. The molecule has 2 aliphatic rings. The van der Waals surface area contributed by atoms with E-state index in [9.17, 15) is 0 Å². The second kappa shape index (κ2) is 8.80. The SMILES string of the molecule is c1ccc2c(c1)Oc1cc(-c3ccccc3-c3cc4c5ccccc5n5c6ccccc6c(c3)c45)cc3c1B2c1ccccc1O3. The summed E-state index contributed by atoms with van der Waals surface area (Å²) in [5, 5.41) is 5.10. The number of hydrogen-bond donors (Lipinski definition) is 0. The summed E-state index contributed by atoms with van der Waals surface area (Å²) in [5.74, 6) is 3.51. The van der Waals surface area contributed by atoms with Crippen molar-refractivity contribution in [3.8, 4) is 45.3 Å². The van der Waals surface area contributed by atoms with Gasteiger partial charge in [0.1, 0.15) is 23.0 Å². The molecule has 0 fully saturated rings. The van der Waals surface area contributed by atoms with Gasteiger partial charge >= 0.3 is 0 Å². The first kappa shape index (κ1) is 24.3. The van der Waals surface area contributed by atoms with E-state index in [4.69, 9.17) is 9.47 Å². The molecule has 3 nitrogen and oxygen atoms in total. The van der Waals surface area contributed by atoms with Crippen molar-refractivity contribution >= 4 is 61.2 Å². The molecule has 0 radical (unpaired) electrons. The van der Waals surface area contributed by atoms with Crippen LogP contribution in [0.25, 0.3) is 60.3 Å². The predicted octanol–water partition coefficient (Wildman–Crippen LogP) is 8.90. The third-order valence-electron chi connectivity index (χ3n) is 10.0. The maximum atomic E-state index is 6.64. The molecular formula is C42H24BNO2. The van der Waals surface area contributed by atoms with Gasteiger partial charge in [-0.05, 0) is 81.7 Å². The highest BCUT2D eigenvalue weighted by Crippen LogP contribution is 2.45. The minimum absolute atomic E-state index is 0.0631. The first-order chi connectivity index (χ1) is 22.8. The number of nitrogens with zero attached hydrogens (tertiary/aromatic N) is 1. The van der Waals surface area contributed by atoms with Crippen LogP contribution in [-0.2, 0) is 0 Å². The number of fused-ring (bicyclic) bond motifs is 10. The predicted molar refractivity (Wildman–Crippen MR) is 190 cm³/mol. The average Bonchev–Trinajstić information content (AvgIpc) is 3.63. The first-order valence-electron chi connectivity index (χ1n) is 15.8. The topological polar surface area (TPSA) is 22.9 Å². The van der Waals surface area contributed by atoms with Gasteiger partial charge in [0.2, 0.25) is 0 Å². The summed E-state index contributed by atoms with van der Waals surface area (Å²) in [6.07, 6.45) is 0. The van der Waals surface area contributed by atoms with Gasteiger partial charge < -0.3 is 13.9 Å². The Balaban J connectivity index is 1.16. The van der Waals surface area contributed by atoms with Crippen LogP contribution in [0.5, 0.6) is 23.0 Å². The van der Waals surface area contributed by atoms with E-state index < -0.39 is 0 Å². The fourth-order valence-corrected chi connectivity index (χ4v) is 8.14. The van der Waals surface area contributed by atoms with E-state index in [1.807, 2.05) is 12.1 Å². The normalized spacial score (nSPS) is 13.1. The molecule has 0 spiro atoms. The molecule has 2 aliphatic heterocycles. The Bertz CT molecular complexity index is 2570. The molecule has 9 aromatic rings. The maximum absolute atomic E-state index is 6.64. The fourth-order valence-electron chi connectivity index (χ4n) is 8.14. The highest BCUT2D eigenvalue weighted by Gasteiger charge is 2.40. The number of hydrogen-bond acceptors (Lipinski definition) is 2. The van der Waals surface area contributed by atoms with Crippen LogP contribution >= 0.6 is 0 Å². The third-order valence-corrected chi connectivity index (χ3v) is 10.0. The van der Waals surface area contributed by atoms with Gasteiger partial charge in [0.15, 0.2) is 0 Å². The Kier molecular flexibility index (Phi) is 4.66. The monoisotopic (exact) mass is 585 g/mol. The molecule has 0 bridgehead atoms. The Morgan fingerprint density at radius 1 is 0.413 bits per heavy atom. The molecule has 0 unspecified atom stereocenters. The molecular weight excluding hydrogens is 561 g/mol. The van der Waals surface area contributed by atoms with Gasteiger partial charge in [0.05, 0.1) is 16.6 Å². The molecule has 2 aromatic heterocycles. The molecule has 0 atom stereocenters. The summed E-state index contributed by atoms with van der Waals surface area (Å²) in [6, 6.07) is 52.2. The lowest BCUT2D eigenvalue weighted by Crippen LogP contribution is -2.57. The molecule has 11 rings (SSSR count). The van der Waals surface area contributed by atoms with Gasteiger partial charge in [-0.15, -0.1) is 0 Å². The molecule has 0 amide bonds. The van der Waals surface area contributed by atoms with Crippen LogP contribution in [0, 0.1) is 0 Å². The summed E-state index contributed by atoms with van der Waals surface area (Å²) in [7, 11) is 0. The van der Waals surface area contributed by atoms with Crippen molar-refractivity contribution in [1.82, 2.24) is 4.40 Å². The minimum atomic E-state index is 0.0631. The van der Waals surface area contributed by atoms with Gasteiger partial charge in [0.25, 0.3) is 6.71 Å². The third kappa shape index (κ3) is 3.13. The number of ether oxygens (including phenoxy) is 2. The van der Waals surface area contributed by atoms with Crippen molar-refractivity contribution in [2.75, 3.05) is 0 Å². The Morgan fingerprint density at radius 2 is 0.870 bits per heavy atom. The van der Waals surface area contributed by atoms with Crippen molar-refractivity contribution < 1.29 is 9.47 Å². The molecule has 0 saturated heterocycles. The number of aromatic nitrogens is 1. The molecule has 0 aliphatic carbocycles. The summed E-state index contributed by atoms with van der Waals surface area (Å²) >= 11 is 0. The van der Waals surface area contributed by atoms with Crippen LogP contribution < -0.4 is 25.9 Å². The Labute approximate surface area is 265 Å². The quantitative estimate of drug-likeness (QED) is 0.189. The second-order valence-electron chi connectivity index (χ2n) is 12.4. The van der Waals surface area contributed by atoms with Crippen LogP contribution in [0.3, 0.4) is 0 Å². The lowest BCUT2D eigenvalue weighted by atomic mass is 9.35. The average molecular weight is 585 g/mol.